The molecule has 1 aromatic carbocycles. The van der Waals surface area contributed by atoms with Gasteiger partial charge in [-0.05, 0) is 48.1 Å². The minimum absolute atomic E-state index is 0.102. The second-order valence-electron chi connectivity index (χ2n) is 6.29. The summed E-state index contributed by atoms with van der Waals surface area (Å²) in [5, 5.41) is 3.52. The highest BCUT2D eigenvalue weighted by molar-refractivity contribution is 5.58. The Morgan fingerprint density at radius 2 is 1.95 bits per heavy atom. The monoisotopic (exact) mass is 264 g/mol. The van der Waals surface area contributed by atoms with Crippen molar-refractivity contribution in [3.8, 4) is 5.75 Å². The maximum atomic E-state index is 5.77. The number of nitrogens with one attached hydrogen (secondary N) is 1. The Labute approximate surface area is 117 Å². The summed E-state index contributed by atoms with van der Waals surface area (Å²) in [6, 6.07) is 4.30. The molecule has 0 spiro atoms. The van der Waals surface area contributed by atoms with E-state index in [0.29, 0.717) is 12.5 Å². The second kappa shape index (κ2) is 6.29. The molecule has 0 unspecified atom stereocenters. The van der Waals surface area contributed by atoms with Crippen molar-refractivity contribution in [3.05, 3.63) is 23.3 Å². The molecular formula is C16H28N2O. The summed E-state index contributed by atoms with van der Waals surface area (Å²) in [5.41, 5.74) is 9.49. The fraction of sp³-hybridized carbons (Fsp3) is 0.625. The zero-order valence-electron chi connectivity index (χ0n) is 13.1. The summed E-state index contributed by atoms with van der Waals surface area (Å²) in [6.45, 7) is 12.3. The van der Waals surface area contributed by atoms with E-state index in [-0.39, 0.29) is 5.41 Å². The quantitative estimate of drug-likeness (QED) is 0.826. The molecule has 0 saturated heterocycles. The zero-order chi connectivity index (χ0) is 14.6. The smallest absolute Gasteiger partial charge is 0.122 e. The molecule has 3 nitrogen and oxygen atoms in total. The van der Waals surface area contributed by atoms with Gasteiger partial charge in [-0.1, -0.05) is 27.7 Å². The van der Waals surface area contributed by atoms with Crippen LogP contribution in [0.1, 0.15) is 44.7 Å². The van der Waals surface area contributed by atoms with E-state index in [1.165, 1.54) is 16.8 Å². The van der Waals surface area contributed by atoms with Gasteiger partial charge in [0.15, 0.2) is 0 Å². The average Bonchev–Trinajstić information content (AvgIpc) is 2.36. The lowest BCUT2D eigenvalue weighted by Crippen LogP contribution is -2.31. The van der Waals surface area contributed by atoms with Gasteiger partial charge in [-0.3, -0.25) is 0 Å². The highest BCUT2D eigenvalue weighted by atomic mass is 16.5. The molecule has 19 heavy (non-hydrogen) atoms. The Morgan fingerprint density at radius 1 is 1.32 bits per heavy atom. The molecule has 0 saturated carbocycles. The topological polar surface area (TPSA) is 47.3 Å². The molecule has 0 atom stereocenters. The number of hydrogen-bond donors (Lipinski definition) is 2. The maximum absolute atomic E-state index is 5.77. The predicted octanol–water partition coefficient (Wildman–Crippen LogP) is 3.52. The standard InChI is InChI=1S/C16H28N2O/c1-11(2)13-8-14(12(3)7-15(13)19-6)18-10-16(4,5)9-17/h7-8,11,18H,9-10,17H2,1-6H3. The molecule has 0 aromatic heterocycles. The molecule has 1 rings (SSSR count). The van der Waals surface area contributed by atoms with Crippen LogP contribution >= 0.6 is 0 Å². The molecule has 0 heterocycles. The van der Waals surface area contributed by atoms with Crippen LogP contribution in [0.3, 0.4) is 0 Å². The predicted molar refractivity (Wildman–Crippen MR) is 83.1 cm³/mol. The van der Waals surface area contributed by atoms with Crippen molar-refractivity contribution in [2.45, 2.75) is 40.5 Å². The number of methoxy groups -OCH3 is 1. The summed E-state index contributed by atoms with van der Waals surface area (Å²) in [5.74, 6) is 1.41. The number of anilines is 1. The molecule has 0 bridgehead atoms. The van der Waals surface area contributed by atoms with E-state index in [2.05, 4.69) is 52.1 Å². The van der Waals surface area contributed by atoms with Gasteiger partial charge in [-0.15, -0.1) is 0 Å². The Kier molecular flexibility index (Phi) is 5.24. The Bertz CT molecular complexity index is 425. The molecule has 3 heteroatoms. The molecule has 0 fully saturated rings. The first-order chi connectivity index (χ1) is 8.80. The van der Waals surface area contributed by atoms with Crippen LogP contribution in [0.15, 0.2) is 12.1 Å². The highest BCUT2D eigenvalue weighted by Crippen LogP contribution is 2.32. The molecule has 1 aromatic rings. The molecule has 0 aliphatic carbocycles. The van der Waals surface area contributed by atoms with E-state index >= 15 is 0 Å². The van der Waals surface area contributed by atoms with Gasteiger partial charge in [-0.25, -0.2) is 0 Å². The first-order valence-corrected chi connectivity index (χ1v) is 6.93. The van der Waals surface area contributed by atoms with Crippen LogP contribution in [0, 0.1) is 12.3 Å². The van der Waals surface area contributed by atoms with Crippen molar-refractivity contribution in [3.63, 3.8) is 0 Å². The van der Waals surface area contributed by atoms with E-state index in [1.54, 1.807) is 7.11 Å². The number of ether oxygens (including phenoxy) is 1. The van der Waals surface area contributed by atoms with Gasteiger partial charge in [0.05, 0.1) is 7.11 Å². The van der Waals surface area contributed by atoms with Crippen molar-refractivity contribution in [2.24, 2.45) is 11.1 Å². The molecule has 3 N–H and O–H groups in total. The summed E-state index contributed by atoms with van der Waals surface area (Å²) in [4.78, 5) is 0. The minimum Gasteiger partial charge on any atom is -0.496 e. The maximum Gasteiger partial charge on any atom is 0.122 e. The normalized spacial score (nSPS) is 11.8. The highest BCUT2D eigenvalue weighted by Gasteiger charge is 2.17. The van der Waals surface area contributed by atoms with E-state index in [4.69, 9.17) is 10.5 Å². The van der Waals surface area contributed by atoms with Gasteiger partial charge < -0.3 is 15.8 Å². The minimum atomic E-state index is 0.102. The summed E-state index contributed by atoms with van der Waals surface area (Å²) in [6.07, 6.45) is 0. The number of nitrogens with two attached hydrogens (primary N) is 1. The van der Waals surface area contributed by atoms with Gasteiger partial charge >= 0.3 is 0 Å². The van der Waals surface area contributed by atoms with Crippen LogP contribution in [0.2, 0.25) is 0 Å². The average molecular weight is 264 g/mol. The van der Waals surface area contributed by atoms with Gasteiger partial charge in [0.1, 0.15) is 5.75 Å². The lowest BCUT2D eigenvalue weighted by molar-refractivity contribution is 0.404. The second-order valence-corrected chi connectivity index (χ2v) is 6.29. The number of benzene rings is 1. The SMILES string of the molecule is COc1cc(C)c(NCC(C)(C)CN)cc1C(C)C. The first-order valence-electron chi connectivity index (χ1n) is 6.93. The van der Waals surface area contributed by atoms with E-state index in [0.717, 1.165) is 12.3 Å². The van der Waals surface area contributed by atoms with Gasteiger partial charge in [0.2, 0.25) is 0 Å². The Morgan fingerprint density at radius 3 is 2.42 bits per heavy atom. The van der Waals surface area contributed by atoms with Crippen LogP contribution in [0.4, 0.5) is 5.69 Å². The van der Waals surface area contributed by atoms with Crippen molar-refractivity contribution in [2.75, 3.05) is 25.5 Å². The van der Waals surface area contributed by atoms with Crippen molar-refractivity contribution >= 4 is 5.69 Å². The molecule has 0 aliphatic rings. The third-order valence-corrected chi connectivity index (χ3v) is 3.51. The van der Waals surface area contributed by atoms with Crippen molar-refractivity contribution < 1.29 is 4.74 Å². The summed E-state index contributed by atoms with van der Waals surface area (Å²) in [7, 11) is 1.73. The molecule has 0 radical (unpaired) electrons. The largest absolute Gasteiger partial charge is 0.496 e. The third-order valence-electron chi connectivity index (χ3n) is 3.51. The van der Waals surface area contributed by atoms with Gasteiger partial charge in [0.25, 0.3) is 0 Å². The molecular weight excluding hydrogens is 236 g/mol. The van der Waals surface area contributed by atoms with Crippen LogP contribution in [-0.2, 0) is 0 Å². The van der Waals surface area contributed by atoms with Crippen molar-refractivity contribution in [1.82, 2.24) is 0 Å². The van der Waals surface area contributed by atoms with E-state index in [1.807, 2.05) is 0 Å². The fourth-order valence-corrected chi connectivity index (χ4v) is 1.92. The number of hydrogen-bond acceptors (Lipinski definition) is 3. The zero-order valence-corrected chi connectivity index (χ0v) is 13.1. The first kappa shape index (κ1) is 15.8. The number of rotatable bonds is 6. The Balaban J connectivity index is 2.99. The van der Waals surface area contributed by atoms with Gasteiger partial charge in [0, 0.05) is 12.2 Å². The Hall–Kier alpha value is -1.22. The summed E-state index contributed by atoms with van der Waals surface area (Å²) < 4.78 is 5.46. The van der Waals surface area contributed by atoms with Crippen LogP contribution < -0.4 is 15.8 Å². The van der Waals surface area contributed by atoms with Crippen molar-refractivity contribution in [1.29, 1.82) is 0 Å². The number of aryl methyl sites for hydroxylation is 1. The van der Waals surface area contributed by atoms with Crippen LogP contribution in [0.25, 0.3) is 0 Å². The fourth-order valence-electron chi connectivity index (χ4n) is 1.92. The third kappa shape index (κ3) is 4.13. The van der Waals surface area contributed by atoms with Crippen LogP contribution in [0.5, 0.6) is 5.75 Å². The summed E-state index contributed by atoms with van der Waals surface area (Å²) >= 11 is 0. The molecule has 0 amide bonds. The van der Waals surface area contributed by atoms with E-state index in [9.17, 15) is 0 Å². The van der Waals surface area contributed by atoms with Crippen LogP contribution in [-0.4, -0.2) is 20.2 Å². The molecule has 108 valence electrons. The molecule has 0 aliphatic heterocycles. The lowest BCUT2D eigenvalue weighted by atomic mass is 9.93. The van der Waals surface area contributed by atoms with Gasteiger partial charge in [-0.2, -0.15) is 0 Å². The lowest BCUT2D eigenvalue weighted by Gasteiger charge is -2.25. The van der Waals surface area contributed by atoms with E-state index < -0.39 is 0 Å².